The number of benzene rings is 3. The first-order valence-corrected chi connectivity index (χ1v) is 38.7. The first kappa shape index (κ1) is 28.7. The molecule has 2 unspecified atom stereocenters. The van der Waals surface area contributed by atoms with Crippen molar-refractivity contribution in [2.45, 2.75) is 86.6 Å². The Kier molecular flexibility index (Phi) is 6.91. The van der Waals surface area contributed by atoms with Crippen molar-refractivity contribution in [3.05, 3.63) is 112 Å². The molecular formula is C37H50HfSi. The summed E-state index contributed by atoms with van der Waals surface area (Å²) in [6, 6.07) is 31.2. The monoisotopic (exact) mass is 702 g/mol. The van der Waals surface area contributed by atoms with E-state index < -0.39 is 14.2 Å². The van der Waals surface area contributed by atoms with Crippen molar-refractivity contribution < 1.29 is 14.2 Å². The molecule has 0 aliphatic heterocycles. The van der Waals surface area contributed by atoms with Gasteiger partial charge in [-0.2, -0.15) is 0 Å². The van der Waals surface area contributed by atoms with Crippen LogP contribution in [0, 0.1) is 0 Å². The van der Waals surface area contributed by atoms with Gasteiger partial charge in [0.2, 0.25) is 0 Å². The third kappa shape index (κ3) is 3.62. The molecule has 2 heteroatoms. The molecule has 39 heavy (non-hydrogen) atoms. The zero-order valence-electron chi connectivity index (χ0n) is 25.2. The first-order chi connectivity index (χ1) is 18.7. The Hall–Kier alpha value is -1.77. The zero-order valence-corrected chi connectivity index (χ0v) is 30.2. The minimum atomic E-state index is -5.50. The molecule has 206 valence electrons. The maximum absolute atomic E-state index is 5.50. The van der Waals surface area contributed by atoms with Crippen LogP contribution in [0.4, 0.5) is 0 Å². The summed E-state index contributed by atoms with van der Waals surface area (Å²) in [4.78, 5) is 0. The summed E-state index contributed by atoms with van der Waals surface area (Å²) in [5.74, 6) is 0. The Morgan fingerprint density at radius 2 is 1.00 bits per heavy atom. The Bertz CT molecular complexity index is 1490. The third-order valence-corrected chi connectivity index (χ3v) is 77.7. The molecule has 3 aromatic rings. The van der Waals surface area contributed by atoms with E-state index in [1.54, 1.807) is 25.6 Å². The van der Waals surface area contributed by atoms with E-state index in [0.717, 1.165) is 12.8 Å². The van der Waals surface area contributed by atoms with E-state index in [2.05, 4.69) is 130 Å². The summed E-state index contributed by atoms with van der Waals surface area (Å²) in [5, 5.41) is 0. The van der Waals surface area contributed by atoms with E-state index >= 15 is 0 Å². The Morgan fingerprint density at radius 3 is 1.41 bits per heavy atom. The molecule has 3 aromatic carbocycles. The second-order valence-electron chi connectivity index (χ2n) is 14.7. The topological polar surface area (TPSA) is 0 Å². The molecule has 0 heterocycles. The maximum atomic E-state index is 3.01. The number of unbranched alkanes of at least 4 members (excludes halogenated alkanes) is 2. The molecular weight excluding hydrogens is 651 g/mol. The third-order valence-electron chi connectivity index (χ3n) is 12.4. The van der Waals surface area contributed by atoms with Crippen LogP contribution in [0.3, 0.4) is 0 Å². The molecule has 2 aliphatic carbocycles. The molecule has 0 nitrogen and oxygen atoms in total. The minimum absolute atomic E-state index is 0.473. The predicted octanol–water partition coefficient (Wildman–Crippen LogP) is 10.2. The van der Waals surface area contributed by atoms with Crippen molar-refractivity contribution in [2.75, 3.05) is 0 Å². The molecule has 0 N–H and O–H groups in total. The Balaban J connectivity index is 2.11. The molecule has 0 saturated carbocycles. The van der Waals surface area contributed by atoms with Crippen LogP contribution in [0.1, 0.15) is 95.8 Å². The molecule has 0 spiro atoms. The van der Waals surface area contributed by atoms with E-state index in [1.807, 2.05) is 0 Å². The van der Waals surface area contributed by atoms with Gasteiger partial charge in [-0.1, -0.05) is 0 Å². The number of allylic oxidation sites excluding steroid dienone is 2. The van der Waals surface area contributed by atoms with E-state index in [0.29, 0.717) is 7.35 Å². The molecule has 0 amide bonds. The fourth-order valence-electron chi connectivity index (χ4n) is 10.7. The van der Waals surface area contributed by atoms with Gasteiger partial charge >= 0.3 is 235 Å². The van der Waals surface area contributed by atoms with Crippen LogP contribution in [0.5, 0.6) is 0 Å². The predicted molar refractivity (Wildman–Crippen MR) is 175 cm³/mol. The molecule has 2 atom stereocenters. The van der Waals surface area contributed by atoms with Gasteiger partial charge in [0.05, 0.1) is 0 Å². The fraction of sp³-hybridized carbons (Fsp3) is 0.405. The van der Waals surface area contributed by atoms with Crippen molar-refractivity contribution in [3.63, 3.8) is 0 Å². The zero-order chi connectivity index (χ0) is 27.8. The second-order valence-corrected chi connectivity index (χ2v) is 82.9. The number of hydrogen-bond donors (Lipinski definition) is 0. The van der Waals surface area contributed by atoms with Crippen molar-refractivity contribution >= 4 is 22.4 Å². The van der Waals surface area contributed by atoms with Crippen molar-refractivity contribution in [3.8, 4) is 0 Å². The molecule has 2 aliphatic rings. The van der Waals surface area contributed by atoms with Crippen LogP contribution < -0.4 is 3.32 Å². The van der Waals surface area contributed by atoms with Crippen LogP contribution in [-0.4, -0.2) is 6.94 Å². The summed E-state index contributed by atoms with van der Waals surface area (Å²) in [6.45, 7) is 12.3. The second kappa shape index (κ2) is 9.38. The number of fused-ring (bicyclic) bond motifs is 2. The molecule has 5 rings (SSSR count). The van der Waals surface area contributed by atoms with Gasteiger partial charge in [-0.3, -0.25) is 0 Å². The van der Waals surface area contributed by atoms with Crippen molar-refractivity contribution in [1.82, 2.24) is 0 Å². The van der Waals surface area contributed by atoms with Crippen molar-refractivity contribution in [1.29, 1.82) is 0 Å². The summed E-state index contributed by atoms with van der Waals surface area (Å²) < 4.78 is 8.37. The fourth-order valence-corrected chi connectivity index (χ4v) is 78.5. The number of rotatable bonds is 11. The van der Waals surface area contributed by atoms with E-state index in [9.17, 15) is 0 Å². The number of hydrogen-bond acceptors (Lipinski definition) is 0. The van der Waals surface area contributed by atoms with Gasteiger partial charge in [0.1, 0.15) is 0 Å². The van der Waals surface area contributed by atoms with Gasteiger partial charge in [-0.05, 0) is 0 Å². The average molecular weight is 701 g/mol. The summed E-state index contributed by atoms with van der Waals surface area (Å²) in [6.07, 6.45) is 12.5. The van der Waals surface area contributed by atoms with Crippen LogP contribution in [0.15, 0.2) is 90.0 Å². The molecule has 0 radical (unpaired) electrons. The standard InChI is InChI=1S/2C11H11.C6H5.2C4H9.CH3.Hf.H2Si/c2*1-2-9-7-10-5-3-4-6-11(10)8-9;1-2-4-6-5-3-1;2*1-3-4-2;;;/h2*3-8H,2H2,1H3;1-5H;2*1,3-4H2,2H3;1H3;;1H2. The normalized spacial score (nSPS) is 21.1. The average Bonchev–Trinajstić information content (AvgIpc) is 3.57. The van der Waals surface area contributed by atoms with Gasteiger partial charge in [-0.15, -0.1) is 0 Å². The summed E-state index contributed by atoms with van der Waals surface area (Å²) in [7, 11) is 0. The van der Waals surface area contributed by atoms with E-state index in [1.165, 1.54) is 45.2 Å². The quantitative estimate of drug-likeness (QED) is 0.175. The van der Waals surface area contributed by atoms with Crippen LogP contribution in [0.2, 0.25) is 13.0 Å². The molecule has 0 aromatic heterocycles. The summed E-state index contributed by atoms with van der Waals surface area (Å²) in [5.41, 5.74) is 9.56. The van der Waals surface area contributed by atoms with Crippen LogP contribution in [-0.2, 0) is 14.2 Å². The van der Waals surface area contributed by atoms with Gasteiger partial charge in [0, 0.05) is 0 Å². The Morgan fingerprint density at radius 1 is 0.590 bits per heavy atom. The van der Waals surface area contributed by atoms with Gasteiger partial charge in [0.15, 0.2) is 0 Å². The van der Waals surface area contributed by atoms with E-state index in [4.69, 9.17) is 0 Å². The molecule has 0 saturated heterocycles. The first-order valence-electron chi connectivity index (χ1n) is 15.8. The van der Waals surface area contributed by atoms with Crippen LogP contribution >= 0.6 is 0 Å². The molecule has 0 fully saturated rings. The van der Waals surface area contributed by atoms with Crippen molar-refractivity contribution in [2.24, 2.45) is 0 Å². The summed E-state index contributed by atoms with van der Waals surface area (Å²) >= 11 is -5.50. The Labute approximate surface area is 234 Å². The van der Waals surface area contributed by atoms with Gasteiger partial charge in [-0.25, -0.2) is 0 Å². The SMILES string of the molecule is CCC[CH2][Hf]([CH3])(=[SiH2])([CH2]CCC)([c]1ccccc1)([CH]1C(CC)=Cc2ccccc21)[CH]1C(CC)=Cc2ccccc21. The van der Waals surface area contributed by atoms with E-state index in [-0.39, 0.29) is 0 Å². The van der Waals surface area contributed by atoms with Gasteiger partial charge < -0.3 is 0 Å². The van der Waals surface area contributed by atoms with Crippen LogP contribution in [0.25, 0.3) is 12.2 Å². The molecule has 0 bridgehead atoms. The van der Waals surface area contributed by atoms with Gasteiger partial charge in [0.25, 0.3) is 0 Å².